The second-order valence-corrected chi connectivity index (χ2v) is 21.0. The molecule has 10 rings (SSSR count). The molecule has 16 heteroatoms. The zero-order valence-corrected chi connectivity index (χ0v) is 42.5. The van der Waals surface area contributed by atoms with Gasteiger partial charge in [0.25, 0.3) is 18.2 Å². The second kappa shape index (κ2) is 24.1. The van der Waals surface area contributed by atoms with Crippen LogP contribution in [0.4, 0.5) is 20.3 Å². The van der Waals surface area contributed by atoms with Crippen molar-refractivity contribution in [3.63, 3.8) is 0 Å². The number of carbonyl (C=O) groups excluding carboxylic acids is 2. The monoisotopic (exact) mass is 1010 g/mol. The number of halogens is 2. The molecule has 4 aromatic heterocycles. The van der Waals surface area contributed by atoms with E-state index in [1.54, 1.807) is 16.9 Å². The zero-order valence-electron chi connectivity index (χ0n) is 42.5. The zero-order chi connectivity index (χ0) is 50.8. The highest BCUT2D eigenvalue weighted by Crippen LogP contribution is 2.36. The summed E-state index contributed by atoms with van der Waals surface area (Å²) in [5.74, 6) is 2.26. The first-order valence-electron chi connectivity index (χ1n) is 26.8. The lowest BCUT2D eigenvalue weighted by molar-refractivity contribution is 0.0951. The highest BCUT2D eigenvalue weighted by atomic mass is 19.3. The molecule has 0 radical (unpaired) electrons. The van der Waals surface area contributed by atoms with Gasteiger partial charge < -0.3 is 30.6 Å². The van der Waals surface area contributed by atoms with Crippen LogP contribution >= 0.6 is 0 Å². The van der Waals surface area contributed by atoms with E-state index in [0.717, 1.165) is 109 Å². The van der Waals surface area contributed by atoms with Crippen LogP contribution in [0.2, 0.25) is 0 Å². The fourth-order valence-corrected chi connectivity index (χ4v) is 10.1. The molecule has 388 valence electrons. The molecule has 7 aromatic rings. The van der Waals surface area contributed by atoms with Crippen molar-refractivity contribution in [1.29, 1.82) is 0 Å². The smallest absolute Gasteiger partial charge is 0.284 e. The Bertz CT molecular complexity index is 2950. The molecular weight excluding hydrogens is 937 g/mol. The van der Waals surface area contributed by atoms with Crippen LogP contribution in [0.25, 0.3) is 33.5 Å². The molecule has 3 fully saturated rings. The van der Waals surface area contributed by atoms with Gasteiger partial charge in [0.1, 0.15) is 12.1 Å². The number of carbonyl (C=O) groups is 2. The van der Waals surface area contributed by atoms with Crippen molar-refractivity contribution >= 4 is 34.2 Å². The number of pyridine rings is 1. The Morgan fingerprint density at radius 2 is 1.50 bits per heavy atom. The van der Waals surface area contributed by atoms with E-state index in [9.17, 15) is 18.4 Å². The van der Waals surface area contributed by atoms with Gasteiger partial charge in [0.05, 0.1) is 23.4 Å². The number of nitrogens with one attached hydrogen (secondary N) is 4. The van der Waals surface area contributed by atoms with E-state index >= 15 is 0 Å². The van der Waals surface area contributed by atoms with Gasteiger partial charge in [-0.3, -0.25) is 19.0 Å². The van der Waals surface area contributed by atoms with Gasteiger partial charge in [0.2, 0.25) is 5.89 Å². The molecule has 3 saturated carbocycles. The van der Waals surface area contributed by atoms with E-state index in [4.69, 9.17) is 4.42 Å². The Morgan fingerprint density at radius 3 is 2.26 bits per heavy atom. The van der Waals surface area contributed by atoms with Gasteiger partial charge in [-0.25, -0.2) is 18.7 Å². The first kappa shape index (κ1) is 50.7. The van der Waals surface area contributed by atoms with Gasteiger partial charge in [-0.1, -0.05) is 61.7 Å². The van der Waals surface area contributed by atoms with E-state index in [-0.39, 0.29) is 29.2 Å². The maximum atomic E-state index is 14.2. The third kappa shape index (κ3) is 13.7. The second-order valence-electron chi connectivity index (χ2n) is 21.0. The molecule has 2 amide bonds. The summed E-state index contributed by atoms with van der Waals surface area (Å²) in [6.07, 6.45) is 17.6. The first-order valence-corrected chi connectivity index (χ1v) is 26.8. The third-order valence-electron chi connectivity index (χ3n) is 14.9. The Hall–Kier alpha value is -6.78. The summed E-state index contributed by atoms with van der Waals surface area (Å²) in [6, 6.07) is 26.8. The quantitative estimate of drug-likeness (QED) is 0.0385. The van der Waals surface area contributed by atoms with Crippen LogP contribution in [0.5, 0.6) is 0 Å². The van der Waals surface area contributed by atoms with E-state index in [1.165, 1.54) is 65.7 Å². The van der Waals surface area contributed by atoms with Crippen LogP contribution in [-0.4, -0.2) is 79.5 Å². The molecule has 0 bridgehead atoms. The van der Waals surface area contributed by atoms with Gasteiger partial charge in [-0.05, 0) is 154 Å². The topological polar surface area (TPSA) is 160 Å². The SMILES string of the molecule is CN(CCCCCCCNC(=O)c1ccc(CNCc2ccc(-c3ccc4c(cnn4CC4CC4)c3)cc2)cc1)C[C@H]1CC[C@H](n2cc(NC(=O)c3coc(-c4ccnc(NCC5CC5)c4)n3)c(C(F)F)n2)CC1. The highest BCUT2D eigenvalue weighted by Gasteiger charge is 2.29. The molecule has 3 aromatic carbocycles. The van der Waals surface area contributed by atoms with Gasteiger partial charge >= 0.3 is 0 Å². The van der Waals surface area contributed by atoms with Crippen molar-refractivity contribution in [3.05, 3.63) is 132 Å². The highest BCUT2D eigenvalue weighted by molar-refractivity contribution is 6.03. The number of amides is 2. The molecule has 0 aliphatic heterocycles. The van der Waals surface area contributed by atoms with Crippen molar-refractivity contribution in [2.75, 3.05) is 43.9 Å². The molecular formula is C58H69F2N11O3. The van der Waals surface area contributed by atoms with Crippen molar-refractivity contribution in [1.82, 2.24) is 45.1 Å². The standard InChI is InChI=1S/C58H69F2N11O3/c1-69(35-42-15-22-49(23-16-42)70-37-50(54(68-70)55(59)60)66-57(73)51-38-74-58(67-51)47-25-27-62-53(30-47)64-33-41-7-8-41)28-6-4-2-3-5-26-63-56(72)45-19-13-40(14-20-45)32-61-31-39-11-17-44(18-12-39)46-21-24-52-48(29-46)34-65-71(52)36-43-9-10-43/h11-14,17-21,24-25,27,29-30,34,37-38,41-43,49,55,61H,2-10,15-16,22-23,26,28,31-33,35-36H2,1H3,(H,62,64)(H,63,72)(H,66,73)/t42-,49-. The van der Waals surface area contributed by atoms with Crippen LogP contribution in [0.3, 0.4) is 0 Å². The lowest BCUT2D eigenvalue weighted by Gasteiger charge is -2.31. The Kier molecular flexibility index (Phi) is 16.5. The van der Waals surface area contributed by atoms with Gasteiger partial charge in [0.15, 0.2) is 11.4 Å². The predicted octanol–water partition coefficient (Wildman–Crippen LogP) is 11.7. The molecule has 4 heterocycles. The summed E-state index contributed by atoms with van der Waals surface area (Å²) in [7, 11) is 2.18. The number of oxazole rings is 1. The minimum Gasteiger partial charge on any atom is -0.444 e. The predicted molar refractivity (Wildman–Crippen MR) is 285 cm³/mol. The van der Waals surface area contributed by atoms with Crippen LogP contribution in [0.15, 0.2) is 108 Å². The average Bonchev–Trinajstić information content (AvgIpc) is 4.29. The first-order chi connectivity index (χ1) is 36.2. The normalized spacial score (nSPS) is 16.8. The Balaban J connectivity index is 0.569. The lowest BCUT2D eigenvalue weighted by atomic mass is 9.86. The number of unbranched alkanes of at least 4 members (excludes halogenated alkanes) is 4. The molecule has 0 spiro atoms. The van der Waals surface area contributed by atoms with E-state index < -0.39 is 18.0 Å². The number of anilines is 2. The van der Waals surface area contributed by atoms with Crippen molar-refractivity contribution in [3.8, 4) is 22.6 Å². The number of hydrogen-bond donors (Lipinski definition) is 4. The van der Waals surface area contributed by atoms with Crippen LogP contribution in [-0.2, 0) is 19.6 Å². The Morgan fingerprint density at radius 1 is 0.784 bits per heavy atom. The van der Waals surface area contributed by atoms with Crippen molar-refractivity contribution in [2.45, 2.75) is 116 Å². The van der Waals surface area contributed by atoms with Crippen LogP contribution in [0, 0.1) is 17.8 Å². The molecule has 4 N–H and O–H groups in total. The summed E-state index contributed by atoms with van der Waals surface area (Å²) >= 11 is 0. The third-order valence-corrected chi connectivity index (χ3v) is 14.9. The number of alkyl halides is 2. The molecule has 3 aliphatic rings. The number of nitrogens with zero attached hydrogens (tertiary/aromatic N) is 7. The number of aromatic nitrogens is 6. The maximum Gasteiger partial charge on any atom is 0.284 e. The molecule has 74 heavy (non-hydrogen) atoms. The van der Waals surface area contributed by atoms with Gasteiger partial charge in [-0.2, -0.15) is 10.2 Å². The summed E-state index contributed by atoms with van der Waals surface area (Å²) in [6.45, 7) is 6.04. The van der Waals surface area contributed by atoms with E-state index in [1.807, 2.05) is 36.5 Å². The number of fused-ring (bicyclic) bond motifs is 1. The Labute approximate surface area is 432 Å². The van der Waals surface area contributed by atoms with Crippen LogP contribution in [0.1, 0.15) is 134 Å². The molecule has 0 unspecified atom stereocenters. The largest absolute Gasteiger partial charge is 0.444 e. The molecule has 0 saturated heterocycles. The molecule has 0 atom stereocenters. The minimum absolute atomic E-state index is 0.0159. The summed E-state index contributed by atoms with van der Waals surface area (Å²) in [4.78, 5) is 37.1. The average molecular weight is 1010 g/mol. The minimum atomic E-state index is -2.85. The number of hydrogen-bond acceptors (Lipinski definition) is 10. The van der Waals surface area contributed by atoms with Gasteiger partial charge in [0, 0.05) is 68.2 Å². The fraction of sp³-hybridized carbons (Fsp3) is 0.448. The number of benzene rings is 3. The van der Waals surface area contributed by atoms with E-state index in [0.29, 0.717) is 35.3 Å². The van der Waals surface area contributed by atoms with E-state index in [2.05, 4.69) is 101 Å². The summed E-state index contributed by atoms with van der Waals surface area (Å²) in [5.41, 5.74) is 6.82. The van der Waals surface area contributed by atoms with Crippen LogP contribution < -0.4 is 21.3 Å². The molecule has 14 nitrogen and oxygen atoms in total. The van der Waals surface area contributed by atoms with Crippen molar-refractivity contribution in [2.24, 2.45) is 17.8 Å². The van der Waals surface area contributed by atoms with Crippen molar-refractivity contribution < 1.29 is 22.8 Å². The summed E-state index contributed by atoms with van der Waals surface area (Å²) in [5, 5.41) is 22.6. The molecule has 3 aliphatic carbocycles. The number of rotatable bonds is 26. The fourth-order valence-electron chi connectivity index (χ4n) is 10.1. The van der Waals surface area contributed by atoms with Gasteiger partial charge in [-0.15, -0.1) is 0 Å². The maximum absolute atomic E-state index is 14.2. The summed E-state index contributed by atoms with van der Waals surface area (Å²) < 4.78 is 37.7. The lowest BCUT2D eigenvalue weighted by Crippen LogP contribution is -2.30.